The Labute approximate surface area is 162 Å². The fourth-order valence-electron chi connectivity index (χ4n) is 4.75. The molecule has 25 heavy (non-hydrogen) atoms. The average molecular weight is 402 g/mol. The van der Waals surface area contributed by atoms with Gasteiger partial charge in [-0.3, -0.25) is 4.90 Å². The van der Waals surface area contributed by atoms with Crippen molar-refractivity contribution in [1.29, 1.82) is 0 Å². The monoisotopic (exact) mass is 401 g/mol. The zero-order valence-corrected chi connectivity index (χ0v) is 16.7. The minimum Gasteiger partial charge on any atom is -0.497 e. The molecular formula is C22H28BrNO. The molecule has 2 bridgehead atoms. The van der Waals surface area contributed by atoms with Gasteiger partial charge in [-0.2, -0.15) is 0 Å². The molecule has 2 nitrogen and oxygen atoms in total. The molecule has 1 aliphatic carbocycles. The molecule has 2 unspecified atom stereocenters. The molecule has 4 rings (SSSR count). The Morgan fingerprint density at radius 2 is 1.92 bits per heavy atom. The van der Waals surface area contributed by atoms with E-state index in [1.807, 2.05) is 0 Å². The number of likely N-dealkylation sites (tertiary alicyclic amines) is 1. The molecule has 2 aromatic rings. The molecule has 0 spiro atoms. The van der Waals surface area contributed by atoms with E-state index >= 15 is 0 Å². The van der Waals surface area contributed by atoms with Crippen molar-refractivity contribution in [2.75, 3.05) is 20.2 Å². The summed E-state index contributed by atoms with van der Waals surface area (Å²) in [6.07, 6.45) is 6.43. The van der Waals surface area contributed by atoms with Gasteiger partial charge in [-0.05, 0) is 67.3 Å². The van der Waals surface area contributed by atoms with Crippen LogP contribution < -0.4 is 4.74 Å². The Balaban J connectivity index is 0.00000182. The van der Waals surface area contributed by atoms with Crippen LogP contribution in [0, 0.1) is 0 Å². The van der Waals surface area contributed by atoms with Crippen LogP contribution in [0.3, 0.4) is 0 Å². The van der Waals surface area contributed by atoms with Crippen LogP contribution in [0.5, 0.6) is 5.75 Å². The molecule has 0 aromatic heterocycles. The van der Waals surface area contributed by atoms with Crippen molar-refractivity contribution in [3.63, 3.8) is 0 Å². The first-order valence-electron chi connectivity index (χ1n) is 9.22. The standard InChI is InChI=1S/C22H27NO.BrH/c1-24-21-9-5-8-19(16-21)22-12-10-20(17-22)23(15-13-22)14-11-18-6-3-2-4-7-18;/h2-9,16,20H,10-15,17H2,1H3;1H. The zero-order valence-electron chi connectivity index (χ0n) is 15.0. The number of nitrogens with zero attached hydrogens (tertiary/aromatic N) is 1. The van der Waals surface area contributed by atoms with Crippen LogP contribution in [0.2, 0.25) is 0 Å². The molecule has 134 valence electrons. The van der Waals surface area contributed by atoms with Gasteiger partial charge in [0.05, 0.1) is 7.11 Å². The Morgan fingerprint density at radius 3 is 2.72 bits per heavy atom. The van der Waals surface area contributed by atoms with Gasteiger partial charge in [0.1, 0.15) is 5.75 Å². The quantitative estimate of drug-likeness (QED) is 0.697. The Bertz CT molecular complexity index is 689. The summed E-state index contributed by atoms with van der Waals surface area (Å²) in [5, 5.41) is 0. The van der Waals surface area contributed by atoms with Crippen LogP contribution >= 0.6 is 17.0 Å². The largest absolute Gasteiger partial charge is 0.497 e. The topological polar surface area (TPSA) is 12.5 Å². The molecule has 2 aliphatic rings. The summed E-state index contributed by atoms with van der Waals surface area (Å²) in [5.74, 6) is 0.997. The number of benzene rings is 2. The summed E-state index contributed by atoms with van der Waals surface area (Å²) in [4.78, 5) is 2.73. The predicted molar refractivity (Wildman–Crippen MR) is 109 cm³/mol. The normalized spacial score (nSPS) is 25.4. The van der Waals surface area contributed by atoms with Gasteiger partial charge in [0, 0.05) is 12.6 Å². The third-order valence-corrected chi connectivity index (χ3v) is 6.19. The molecule has 1 saturated carbocycles. The maximum atomic E-state index is 5.45. The van der Waals surface area contributed by atoms with Crippen LogP contribution in [0.4, 0.5) is 0 Å². The van der Waals surface area contributed by atoms with Crippen molar-refractivity contribution in [3.05, 3.63) is 65.7 Å². The van der Waals surface area contributed by atoms with Gasteiger partial charge >= 0.3 is 0 Å². The molecule has 2 atom stereocenters. The zero-order chi connectivity index (χ0) is 16.4. The number of halogens is 1. The van der Waals surface area contributed by atoms with E-state index in [4.69, 9.17) is 4.74 Å². The molecule has 1 aliphatic heterocycles. The maximum absolute atomic E-state index is 5.45. The summed E-state index contributed by atoms with van der Waals surface area (Å²) in [6, 6.07) is 20.4. The van der Waals surface area contributed by atoms with Gasteiger partial charge in [-0.15, -0.1) is 17.0 Å². The number of fused-ring (bicyclic) bond motifs is 2. The van der Waals surface area contributed by atoms with Gasteiger partial charge in [0.2, 0.25) is 0 Å². The highest BCUT2D eigenvalue weighted by atomic mass is 79.9. The highest BCUT2D eigenvalue weighted by molar-refractivity contribution is 8.93. The van der Waals surface area contributed by atoms with Gasteiger partial charge in [-0.25, -0.2) is 0 Å². The summed E-state index contributed by atoms with van der Waals surface area (Å²) in [6.45, 7) is 2.43. The minimum atomic E-state index is 0. The Morgan fingerprint density at radius 1 is 1.08 bits per heavy atom. The lowest BCUT2D eigenvalue weighted by molar-refractivity contribution is 0.142. The van der Waals surface area contributed by atoms with Crippen molar-refractivity contribution >= 4 is 17.0 Å². The molecular weight excluding hydrogens is 374 g/mol. The van der Waals surface area contributed by atoms with Gasteiger partial charge in [0.15, 0.2) is 0 Å². The maximum Gasteiger partial charge on any atom is 0.119 e. The molecule has 1 heterocycles. The highest BCUT2D eigenvalue weighted by Crippen LogP contribution is 2.49. The summed E-state index contributed by atoms with van der Waals surface area (Å²) in [7, 11) is 1.76. The summed E-state index contributed by atoms with van der Waals surface area (Å²) >= 11 is 0. The lowest BCUT2D eigenvalue weighted by atomic mass is 9.74. The first-order chi connectivity index (χ1) is 11.8. The van der Waals surface area contributed by atoms with Crippen LogP contribution in [0.15, 0.2) is 54.6 Å². The summed E-state index contributed by atoms with van der Waals surface area (Å²) in [5.41, 5.74) is 3.34. The number of piperidine rings is 1. The third kappa shape index (κ3) is 3.78. The third-order valence-electron chi connectivity index (χ3n) is 6.19. The number of hydrogen-bond donors (Lipinski definition) is 0. The van der Waals surface area contributed by atoms with E-state index in [9.17, 15) is 0 Å². The lowest BCUT2D eigenvalue weighted by Gasteiger charge is -2.40. The number of ether oxygens (including phenoxy) is 1. The van der Waals surface area contributed by atoms with Crippen LogP contribution in [0.25, 0.3) is 0 Å². The van der Waals surface area contributed by atoms with E-state index in [2.05, 4.69) is 59.5 Å². The van der Waals surface area contributed by atoms with Gasteiger partial charge < -0.3 is 4.74 Å². The van der Waals surface area contributed by atoms with Crippen LogP contribution in [-0.4, -0.2) is 31.1 Å². The second kappa shape index (κ2) is 7.92. The van der Waals surface area contributed by atoms with E-state index in [-0.39, 0.29) is 17.0 Å². The van der Waals surface area contributed by atoms with E-state index < -0.39 is 0 Å². The fourth-order valence-corrected chi connectivity index (χ4v) is 4.75. The molecule has 0 radical (unpaired) electrons. The lowest BCUT2D eigenvalue weighted by Crippen LogP contribution is -2.43. The number of rotatable bonds is 5. The van der Waals surface area contributed by atoms with Crippen molar-refractivity contribution < 1.29 is 4.74 Å². The molecule has 0 amide bonds. The first kappa shape index (κ1) is 18.5. The molecule has 2 fully saturated rings. The van der Waals surface area contributed by atoms with Crippen molar-refractivity contribution in [2.24, 2.45) is 0 Å². The fraction of sp³-hybridized carbons (Fsp3) is 0.455. The second-order valence-electron chi connectivity index (χ2n) is 7.43. The smallest absolute Gasteiger partial charge is 0.119 e. The predicted octanol–water partition coefficient (Wildman–Crippen LogP) is 5.01. The summed E-state index contributed by atoms with van der Waals surface area (Å²) < 4.78 is 5.45. The Kier molecular flexibility index (Phi) is 5.85. The van der Waals surface area contributed by atoms with E-state index in [1.165, 1.54) is 56.3 Å². The van der Waals surface area contributed by atoms with Gasteiger partial charge in [-0.1, -0.05) is 42.5 Å². The molecule has 1 saturated heterocycles. The van der Waals surface area contributed by atoms with E-state index in [0.29, 0.717) is 5.41 Å². The SMILES string of the molecule is Br.COc1cccc(C23CCC(C2)N(CCc2ccccc2)CC3)c1. The second-order valence-corrected chi connectivity index (χ2v) is 7.43. The molecule has 3 heteroatoms. The van der Waals surface area contributed by atoms with Gasteiger partial charge in [0.25, 0.3) is 0 Å². The van der Waals surface area contributed by atoms with Crippen molar-refractivity contribution in [2.45, 2.75) is 43.6 Å². The van der Waals surface area contributed by atoms with Crippen LogP contribution in [-0.2, 0) is 11.8 Å². The number of methoxy groups -OCH3 is 1. The van der Waals surface area contributed by atoms with Crippen molar-refractivity contribution in [1.82, 2.24) is 4.90 Å². The number of hydrogen-bond acceptors (Lipinski definition) is 2. The first-order valence-corrected chi connectivity index (χ1v) is 9.22. The molecule has 0 N–H and O–H groups in total. The Hall–Kier alpha value is -1.32. The highest BCUT2D eigenvalue weighted by Gasteiger charge is 2.46. The molecule has 2 aromatic carbocycles. The van der Waals surface area contributed by atoms with E-state index in [0.717, 1.165) is 11.8 Å². The van der Waals surface area contributed by atoms with Crippen LogP contribution in [0.1, 0.15) is 36.8 Å². The van der Waals surface area contributed by atoms with E-state index in [1.54, 1.807) is 7.11 Å². The van der Waals surface area contributed by atoms with Crippen molar-refractivity contribution in [3.8, 4) is 5.75 Å². The average Bonchev–Trinajstić information content (AvgIpc) is 3.01. The minimum absolute atomic E-state index is 0.